The van der Waals surface area contributed by atoms with Crippen LogP contribution in [0.5, 0.6) is 0 Å². The summed E-state index contributed by atoms with van der Waals surface area (Å²) >= 11 is 3.15. The Bertz CT molecular complexity index is 304. The summed E-state index contributed by atoms with van der Waals surface area (Å²) < 4.78 is 9.46. The second kappa shape index (κ2) is 5.98. The van der Waals surface area contributed by atoms with Crippen molar-refractivity contribution < 1.29 is 19.1 Å². The minimum atomic E-state index is -0.806. The van der Waals surface area contributed by atoms with Crippen molar-refractivity contribution in [2.75, 3.05) is 7.11 Å². The van der Waals surface area contributed by atoms with Crippen molar-refractivity contribution in [2.45, 2.75) is 38.1 Å². The Morgan fingerprint density at radius 2 is 1.81 bits per heavy atom. The number of methoxy groups -OCH3 is 1. The fourth-order valence-electron chi connectivity index (χ4n) is 0.785. The molecular weight excluding hydrogens is 278 g/mol. The van der Waals surface area contributed by atoms with Crippen LogP contribution in [0.25, 0.3) is 0 Å². The maximum atomic E-state index is 11.4. The number of esters is 1. The molecule has 5 nitrogen and oxygen atoms in total. The highest BCUT2D eigenvalue weighted by Crippen LogP contribution is 2.10. The van der Waals surface area contributed by atoms with Gasteiger partial charge in [-0.2, -0.15) is 4.99 Å². The predicted molar refractivity (Wildman–Crippen MR) is 64.1 cm³/mol. The Morgan fingerprint density at radius 3 is 2.12 bits per heavy atom. The number of hydrogen-bond donors (Lipinski definition) is 0. The molecule has 0 aromatic rings. The van der Waals surface area contributed by atoms with Crippen LogP contribution in [0.2, 0.25) is 0 Å². The van der Waals surface area contributed by atoms with E-state index in [1.807, 2.05) is 0 Å². The van der Waals surface area contributed by atoms with Gasteiger partial charge in [0.2, 0.25) is 0 Å². The van der Waals surface area contributed by atoms with Crippen LogP contribution in [0.4, 0.5) is 4.79 Å². The van der Waals surface area contributed by atoms with Gasteiger partial charge < -0.3 is 9.47 Å². The van der Waals surface area contributed by atoms with Gasteiger partial charge in [0.15, 0.2) is 0 Å². The molecule has 1 atom stereocenters. The Kier molecular flexibility index (Phi) is 5.64. The van der Waals surface area contributed by atoms with Crippen LogP contribution in [0.1, 0.15) is 27.7 Å². The lowest BCUT2D eigenvalue weighted by Crippen LogP contribution is -2.27. The Morgan fingerprint density at radius 1 is 1.31 bits per heavy atom. The first-order chi connectivity index (χ1) is 7.17. The summed E-state index contributed by atoms with van der Waals surface area (Å²) in [5, 5.41) is 0. The van der Waals surface area contributed by atoms with Crippen LogP contribution in [0.15, 0.2) is 4.99 Å². The second-order valence-electron chi connectivity index (χ2n) is 4.08. The van der Waals surface area contributed by atoms with E-state index in [0.29, 0.717) is 0 Å². The molecule has 0 rings (SSSR count). The third kappa shape index (κ3) is 5.85. The van der Waals surface area contributed by atoms with E-state index in [-0.39, 0.29) is 10.5 Å². The predicted octanol–water partition coefficient (Wildman–Crippen LogP) is 2.32. The molecule has 0 aliphatic heterocycles. The molecular formula is C10H16BrNO4. The van der Waals surface area contributed by atoms with E-state index < -0.39 is 17.7 Å². The van der Waals surface area contributed by atoms with Gasteiger partial charge in [0.05, 0.1) is 11.9 Å². The minimum Gasteiger partial charge on any atom is -0.464 e. The lowest BCUT2D eigenvalue weighted by atomic mass is 10.2. The molecule has 16 heavy (non-hydrogen) atoms. The molecule has 0 heterocycles. The summed E-state index contributed by atoms with van der Waals surface area (Å²) in [6.07, 6.45) is -0.806. The van der Waals surface area contributed by atoms with E-state index in [0.717, 1.165) is 0 Å². The Hall–Kier alpha value is -0.910. The SMILES string of the molecule is COC(=O)C(=NC(=O)OC(C)(C)C)C(C)Br. The Balaban J connectivity index is 4.81. The van der Waals surface area contributed by atoms with Crippen molar-refractivity contribution in [2.24, 2.45) is 4.99 Å². The van der Waals surface area contributed by atoms with Crippen LogP contribution in [0, 0.1) is 0 Å². The van der Waals surface area contributed by atoms with Crippen LogP contribution in [-0.4, -0.2) is 35.3 Å². The summed E-state index contributed by atoms with van der Waals surface area (Å²) in [5.74, 6) is -0.657. The number of rotatable bonds is 2. The molecule has 0 spiro atoms. The highest BCUT2D eigenvalue weighted by Gasteiger charge is 2.22. The molecule has 0 N–H and O–H groups in total. The zero-order valence-electron chi connectivity index (χ0n) is 10.0. The molecule has 0 aromatic carbocycles. The van der Waals surface area contributed by atoms with E-state index in [2.05, 4.69) is 25.7 Å². The van der Waals surface area contributed by atoms with Crippen LogP contribution >= 0.6 is 15.9 Å². The van der Waals surface area contributed by atoms with Gasteiger partial charge >= 0.3 is 12.1 Å². The van der Waals surface area contributed by atoms with Gasteiger partial charge in [-0.25, -0.2) is 9.59 Å². The number of nitrogens with zero attached hydrogens (tertiary/aromatic N) is 1. The van der Waals surface area contributed by atoms with Crippen LogP contribution in [0.3, 0.4) is 0 Å². The van der Waals surface area contributed by atoms with Crippen molar-refractivity contribution >= 4 is 33.7 Å². The van der Waals surface area contributed by atoms with Gasteiger partial charge in [-0.3, -0.25) is 0 Å². The van der Waals surface area contributed by atoms with Gasteiger partial charge in [-0.1, -0.05) is 15.9 Å². The number of halogens is 1. The van der Waals surface area contributed by atoms with Gasteiger partial charge in [0.1, 0.15) is 11.3 Å². The average Bonchev–Trinajstić information content (AvgIpc) is 2.09. The van der Waals surface area contributed by atoms with Crippen LogP contribution < -0.4 is 0 Å². The molecule has 1 amide bonds. The number of aliphatic imine (C=N–C) groups is 1. The molecule has 0 radical (unpaired) electrons. The molecule has 92 valence electrons. The first-order valence-electron chi connectivity index (χ1n) is 4.71. The summed E-state index contributed by atoms with van der Waals surface area (Å²) in [7, 11) is 1.22. The molecule has 0 bridgehead atoms. The van der Waals surface area contributed by atoms with Crippen molar-refractivity contribution in [3.8, 4) is 0 Å². The van der Waals surface area contributed by atoms with E-state index in [1.165, 1.54) is 7.11 Å². The van der Waals surface area contributed by atoms with Gasteiger partial charge in [-0.15, -0.1) is 0 Å². The molecule has 0 aliphatic rings. The monoisotopic (exact) mass is 293 g/mol. The molecule has 1 unspecified atom stereocenters. The number of alkyl halides is 1. The van der Waals surface area contributed by atoms with Gasteiger partial charge in [0.25, 0.3) is 0 Å². The molecule has 0 aromatic heterocycles. The zero-order chi connectivity index (χ0) is 12.9. The summed E-state index contributed by atoms with van der Waals surface area (Å²) in [6, 6.07) is 0. The Labute approximate surface area is 103 Å². The molecule has 0 saturated carbocycles. The average molecular weight is 294 g/mol. The van der Waals surface area contributed by atoms with Crippen molar-refractivity contribution in [3.05, 3.63) is 0 Å². The first kappa shape index (κ1) is 15.1. The molecule has 0 saturated heterocycles. The summed E-state index contributed by atoms with van der Waals surface area (Å²) in [6.45, 7) is 6.82. The van der Waals surface area contributed by atoms with E-state index in [9.17, 15) is 9.59 Å². The maximum Gasteiger partial charge on any atom is 0.434 e. The third-order valence-corrected chi connectivity index (χ3v) is 1.81. The fourth-order valence-corrected chi connectivity index (χ4v) is 1.07. The van der Waals surface area contributed by atoms with E-state index in [1.54, 1.807) is 27.7 Å². The lowest BCUT2D eigenvalue weighted by molar-refractivity contribution is -0.132. The van der Waals surface area contributed by atoms with Crippen molar-refractivity contribution in [3.63, 3.8) is 0 Å². The van der Waals surface area contributed by atoms with Crippen molar-refractivity contribution in [1.82, 2.24) is 0 Å². The molecule has 0 fully saturated rings. The standard InChI is InChI=1S/C10H16BrNO4/c1-6(11)7(8(13)15-5)12-9(14)16-10(2,3)4/h6H,1-5H3. The number of carbonyl (C=O) groups is 2. The fraction of sp³-hybridized carbons (Fsp3) is 0.700. The highest BCUT2D eigenvalue weighted by molar-refractivity contribution is 9.10. The molecule has 0 aliphatic carbocycles. The quantitative estimate of drug-likeness (QED) is 0.445. The number of ether oxygens (including phenoxy) is 2. The smallest absolute Gasteiger partial charge is 0.434 e. The number of carbonyl (C=O) groups excluding carboxylic acids is 2. The minimum absolute atomic E-state index is 0.0169. The normalized spacial score (nSPS) is 14.2. The van der Waals surface area contributed by atoms with Gasteiger partial charge in [0, 0.05) is 0 Å². The van der Waals surface area contributed by atoms with E-state index in [4.69, 9.17) is 4.74 Å². The lowest BCUT2D eigenvalue weighted by Gasteiger charge is -2.17. The van der Waals surface area contributed by atoms with E-state index >= 15 is 0 Å². The summed E-state index contributed by atoms with van der Waals surface area (Å²) in [5.41, 5.74) is -0.658. The largest absolute Gasteiger partial charge is 0.464 e. The maximum absolute atomic E-state index is 11.4. The number of amides is 1. The van der Waals surface area contributed by atoms with Crippen molar-refractivity contribution in [1.29, 1.82) is 0 Å². The highest BCUT2D eigenvalue weighted by atomic mass is 79.9. The topological polar surface area (TPSA) is 65.0 Å². The summed E-state index contributed by atoms with van der Waals surface area (Å²) in [4.78, 5) is 25.8. The first-order valence-corrected chi connectivity index (χ1v) is 5.63. The second-order valence-corrected chi connectivity index (χ2v) is 5.46. The van der Waals surface area contributed by atoms with Crippen LogP contribution in [-0.2, 0) is 14.3 Å². The van der Waals surface area contributed by atoms with Gasteiger partial charge in [-0.05, 0) is 27.7 Å². The zero-order valence-corrected chi connectivity index (χ0v) is 11.6. The third-order valence-electron chi connectivity index (χ3n) is 1.38. The number of hydrogen-bond acceptors (Lipinski definition) is 4. The molecule has 6 heteroatoms.